The molecule has 4 aromatic rings. The van der Waals surface area contributed by atoms with Gasteiger partial charge in [-0.15, -0.1) is 5.10 Å². The number of piperidine rings is 1. The summed E-state index contributed by atoms with van der Waals surface area (Å²) in [5.74, 6) is 0.833. The van der Waals surface area contributed by atoms with Crippen molar-refractivity contribution in [1.82, 2.24) is 35.0 Å². The standard InChI is InChI=1S/C21H19N7O2/c29-21(16-8-10-22-11-9-16)27-12-4-7-17(13-27)28-14-18(24-26-28)20-23-19(25-30-20)15-5-2-1-3-6-15/h1-3,5-6,8-11,14,17H,4,7,12-13H2/t17-/m0/s1. The summed E-state index contributed by atoms with van der Waals surface area (Å²) < 4.78 is 7.16. The van der Waals surface area contributed by atoms with Crippen molar-refractivity contribution in [1.29, 1.82) is 0 Å². The van der Waals surface area contributed by atoms with Gasteiger partial charge in [-0.1, -0.05) is 40.7 Å². The highest BCUT2D eigenvalue weighted by molar-refractivity contribution is 5.94. The number of likely N-dealkylation sites (tertiary alicyclic amines) is 1. The Balaban J connectivity index is 1.32. The summed E-state index contributed by atoms with van der Waals surface area (Å²) in [5.41, 5.74) is 2.03. The Morgan fingerprint density at radius 3 is 2.77 bits per heavy atom. The van der Waals surface area contributed by atoms with Gasteiger partial charge in [0.2, 0.25) is 5.82 Å². The highest BCUT2D eigenvalue weighted by Gasteiger charge is 2.27. The molecule has 0 radical (unpaired) electrons. The van der Waals surface area contributed by atoms with Crippen molar-refractivity contribution in [3.63, 3.8) is 0 Å². The number of carbonyl (C=O) groups excluding carboxylic acids is 1. The Hall–Kier alpha value is -3.88. The van der Waals surface area contributed by atoms with Crippen LogP contribution >= 0.6 is 0 Å². The third kappa shape index (κ3) is 3.57. The normalized spacial score (nSPS) is 16.5. The SMILES string of the molecule is O=C(c1ccncc1)N1CCC[C@H](n2cc(-c3nc(-c4ccccc4)no3)nn2)C1. The summed E-state index contributed by atoms with van der Waals surface area (Å²) in [5, 5.41) is 12.5. The van der Waals surface area contributed by atoms with Gasteiger partial charge in [0.25, 0.3) is 11.8 Å². The zero-order valence-corrected chi connectivity index (χ0v) is 16.1. The molecule has 0 saturated carbocycles. The fourth-order valence-corrected chi connectivity index (χ4v) is 3.62. The Morgan fingerprint density at radius 2 is 1.93 bits per heavy atom. The van der Waals surface area contributed by atoms with Gasteiger partial charge in [0.05, 0.1) is 12.2 Å². The molecule has 9 heteroatoms. The van der Waals surface area contributed by atoms with E-state index in [2.05, 4.69) is 25.4 Å². The minimum absolute atomic E-state index is 0.00634. The topological polar surface area (TPSA) is 103 Å². The number of hydrogen-bond acceptors (Lipinski definition) is 7. The maximum absolute atomic E-state index is 12.8. The van der Waals surface area contributed by atoms with E-state index in [1.807, 2.05) is 35.2 Å². The number of rotatable bonds is 4. The van der Waals surface area contributed by atoms with Gasteiger partial charge in [0, 0.05) is 36.6 Å². The van der Waals surface area contributed by atoms with Gasteiger partial charge in [0.1, 0.15) is 0 Å². The average Bonchev–Trinajstić information content (AvgIpc) is 3.50. The van der Waals surface area contributed by atoms with E-state index in [-0.39, 0.29) is 11.9 Å². The largest absolute Gasteiger partial charge is 0.336 e. The van der Waals surface area contributed by atoms with Crippen LogP contribution in [-0.2, 0) is 0 Å². The molecule has 150 valence electrons. The number of nitrogens with zero attached hydrogens (tertiary/aromatic N) is 7. The van der Waals surface area contributed by atoms with Crippen LogP contribution in [0.15, 0.2) is 65.6 Å². The molecule has 1 fully saturated rings. The first-order valence-electron chi connectivity index (χ1n) is 9.78. The Kier molecular flexibility index (Phi) is 4.76. The molecule has 1 amide bonds. The van der Waals surface area contributed by atoms with E-state index >= 15 is 0 Å². The summed E-state index contributed by atoms with van der Waals surface area (Å²) in [6.45, 7) is 1.30. The third-order valence-corrected chi connectivity index (χ3v) is 5.17. The van der Waals surface area contributed by atoms with Crippen molar-refractivity contribution in [3.8, 4) is 23.0 Å². The molecule has 1 saturated heterocycles. The summed E-state index contributed by atoms with van der Waals surface area (Å²) >= 11 is 0. The lowest BCUT2D eigenvalue weighted by Crippen LogP contribution is -2.40. The zero-order chi connectivity index (χ0) is 20.3. The molecule has 0 unspecified atom stereocenters. The second-order valence-corrected chi connectivity index (χ2v) is 7.16. The number of aromatic nitrogens is 6. The van der Waals surface area contributed by atoms with Crippen LogP contribution in [0.1, 0.15) is 29.2 Å². The number of hydrogen-bond donors (Lipinski definition) is 0. The van der Waals surface area contributed by atoms with E-state index in [0.717, 1.165) is 24.9 Å². The van der Waals surface area contributed by atoms with Crippen LogP contribution in [0, 0.1) is 0 Å². The molecule has 3 aromatic heterocycles. The lowest BCUT2D eigenvalue weighted by Gasteiger charge is -2.32. The van der Waals surface area contributed by atoms with Crippen molar-refractivity contribution in [2.75, 3.05) is 13.1 Å². The van der Waals surface area contributed by atoms with Crippen molar-refractivity contribution >= 4 is 5.91 Å². The molecule has 1 aromatic carbocycles. The molecule has 0 bridgehead atoms. The lowest BCUT2D eigenvalue weighted by atomic mass is 10.0. The van der Waals surface area contributed by atoms with Gasteiger partial charge in [-0.3, -0.25) is 9.78 Å². The number of pyridine rings is 1. The number of carbonyl (C=O) groups is 1. The maximum atomic E-state index is 12.8. The summed E-state index contributed by atoms with van der Waals surface area (Å²) in [7, 11) is 0. The van der Waals surface area contributed by atoms with E-state index < -0.39 is 0 Å². The fraction of sp³-hybridized carbons (Fsp3) is 0.238. The number of benzene rings is 1. The second-order valence-electron chi connectivity index (χ2n) is 7.16. The number of amides is 1. The fourth-order valence-electron chi connectivity index (χ4n) is 3.62. The summed E-state index contributed by atoms with van der Waals surface area (Å²) in [6.07, 6.45) is 6.88. The molecule has 9 nitrogen and oxygen atoms in total. The van der Waals surface area contributed by atoms with Gasteiger partial charge in [-0.25, -0.2) is 4.68 Å². The van der Waals surface area contributed by atoms with Crippen LogP contribution in [-0.4, -0.2) is 54.0 Å². The average molecular weight is 401 g/mol. The Labute approximate surface area is 172 Å². The van der Waals surface area contributed by atoms with Crippen LogP contribution in [0.25, 0.3) is 23.0 Å². The van der Waals surface area contributed by atoms with Crippen molar-refractivity contribution in [3.05, 3.63) is 66.6 Å². The highest BCUT2D eigenvalue weighted by atomic mass is 16.5. The molecule has 5 rings (SSSR count). The summed E-state index contributed by atoms with van der Waals surface area (Å²) in [6, 6.07) is 13.1. The van der Waals surface area contributed by atoms with Gasteiger partial charge < -0.3 is 9.42 Å². The predicted octanol–water partition coefficient (Wildman–Crippen LogP) is 2.87. The molecule has 0 spiro atoms. The van der Waals surface area contributed by atoms with Crippen molar-refractivity contribution in [2.24, 2.45) is 0 Å². The molecule has 1 atom stereocenters. The summed E-state index contributed by atoms with van der Waals surface area (Å²) in [4.78, 5) is 23.0. The minimum Gasteiger partial charge on any atom is -0.336 e. The van der Waals surface area contributed by atoms with Crippen LogP contribution in [0.4, 0.5) is 0 Å². The smallest absolute Gasteiger partial charge is 0.280 e. The zero-order valence-electron chi connectivity index (χ0n) is 16.1. The van der Waals surface area contributed by atoms with Crippen LogP contribution in [0.5, 0.6) is 0 Å². The second kappa shape index (κ2) is 7.86. The third-order valence-electron chi connectivity index (χ3n) is 5.17. The molecule has 4 heterocycles. The Morgan fingerprint density at radius 1 is 1.10 bits per heavy atom. The first-order valence-corrected chi connectivity index (χ1v) is 9.78. The monoisotopic (exact) mass is 401 g/mol. The highest BCUT2D eigenvalue weighted by Crippen LogP contribution is 2.25. The van der Waals surface area contributed by atoms with Crippen molar-refractivity contribution in [2.45, 2.75) is 18.9 Å². The minimum atomic E-state index is 0.00634. The predicted molar refractivity (Wildman–Crippen MR) is 107 cm³/mol. The molecule has 0 aliphatic carbocycles. The molecule has 30 heavy (non-hydrogen) atoms. The lowest BCUT2D eigenvalue weighted by molar-refractivity contribution is 0.0671. The first kappa shape index (κ1) is 18.2. The van der Waals surface area contributed by atoms with Gasteiger partial charge in [-0.05, 0) is 25.0 Å². The van der Waals surface area contributed by atoms with Crippen molar-refractivity contribution < 1.29 is 9.32 Å². The van der Waals surface area contributed by atoms with Crippen LogP contribution in [0.3, 0.4) is 0 Å². The molecule has 1 aliphatic heterocycles. The van der Waals surface area contributed by atoms with Gasteiger partial charge in [0.15, 0.2) is 5.69 Å². The van der Waals surface area contributed by atoms with Gasteiger partial charge >= 0.3 is 0 Å². The van der Waals surface area contributed by atoms with Crippen LogP contribution in [0.2, 0.25) is 0 Å². The first-order chi connectivity index (χ1) is 14.8. The van der Waals surface area contributed by atoms with Crippen LogP contribution < -0.4 is 0 Å². The molecule has 0 N–H and O–H groups in total. The quantitative estimate of drug-likeness (QED) is 0.518. The molecule has 1 aliphatic rings. The van der Waals surface area contributed by atoms with E-state index in [1.165, 1.54) is 0 Å². The molecular formula is C21H19N7O2. The van der Waals surface area contributed by atoms with E-state index in [0.29, 0.717) is 29.5 Å². The Bertz CT molecular complexity index is 1140. The van der Waals surface area contributed by atoms with E-state index in [9.17, 15) is 4.79 Å². The maximum Gasteiger partial charge on any atom is 0.280 e. The van der Waals surface area contributed by atoms with E-state index in [1.54, 1.807) is 35.4 Å². The molecular weight excluding hydrogens is 382 g/mol. The van der Waals surface area contributed by atoms with Gasteiger partial charge in [-0.2, -0.15) is 4.98 Å². The van der Waals surface area contributed by atoms with E-state index in [4.69, 9.17) is 4.52 Å².